The number of methoxy groups -OCH3 is 2. The molecule has 0 N–H and O–H groups in total. The van der Waals surface area contributed by atoms with Gasteiger partial charge in [-0.1, -0.05) is 48.5 Å². The summed E-state index contributed by atoms with van der Waals surface area (Å²) in [7, 11) is -15.8. The number of rotatable bonds is 25. The van der Waals surface area contributed by atoms with Gasteiger partial charge in [-0.15, -0.1) is 0 Å². The minimum atomic E-state index is -3.96. The number of carbonyl (C=O) groups is 12. The van der Waals surface area contributed by atoms with Crippen LogP contribution in [0.25, 0.3) is 4.85 Å². The first-order valence-electron chi connectivity index (χ1n) is 50.2. The standard InChI is InChI=1S/C17H21NO6.C15H22O7S.C14H17NO5.C14H20O8S.C13H20O5S.C12H18O6S.C12H20O5S/c1-5-16(2,3)14(20)22-8-11(19)23-12-9-6-10-13(12)24-15(21)17(10,7-9)18-4;1-5-15(2,3)14(17)21-10-7-6-8-11(10)22-23(18,19)12(8)9(7)13(16)20-4;1-4-13(2,3)11(16)19-8-7-5-14(6-15)10(18-7)9(8)20-12(14)17;1-5-14(2,3)13(16)21-8-7-6(12(15)19-4)11-10(20-7)9(8)22-23(11,17)18;1-4-13(2,3)12(14)17-10-7-5-8-9(6-7)19(15,16)18-11(8)10;1-4-12(2,3)11(13)17-8-6-5-7-9(16-6)10(8)18-19(7,14)15;1-4-12(2,3)11(13)16-9-6-5-8-7-10(9)17-18(8,14)15/h9-10,12-13H,5-8H2,1-3H3;7-12H,5-6H2,1-4H3;7-10H,4-5H2,1-3H3;6-11H,5H2,1-4H3;7-11H,4-6H2,1-3H3;6-10H,4-5H2,1-3H3;8-10H,4-7H2,1-3H3. The van der Waals surface area contributed by atoms with Crippen molar-refractivity contribution in [2.45, 2.75) is 408 Å². The highest BCUT2D eigenvalue weighted by Crippen LogP contribution is 2.63. The zero-order chi connectivity index (χ0) is 108. The second-order valence-electron chi connectivity index (χ2n) is 46.2. The van der Waals surface area contributed by atoms with E-state index in [4.69, 9.17) is 98.5 Å². The number of fused-ring (bicyclic) bond motifs is 8. The van der Waals surface area contributed by atoms with Gasteiger partial charge < -0.3 is 71.1 Å². The van der Waals surface area contributed by atoms with E-state index in [9.17, 15) is 105 Å². The van der Waals surface area contributed by atoms with Crippen LogP contribution in [0.3, 0.4) is 0 Å². The van der Waals surface area contributed by atoms with Gasteiger partial charge in [0.25, 0.3) is 50.6 Å². The number of ether oxygens (including phenoxy) is 15. The van der Waals surface area contributed by atoms with Crippen molar-refractivity contribution >= 4 is 122 Å². The van der Waals surface area contributed by atoms with Crippen LogP contribution in [0, 0.1) is 109 Å². The normalized spacial score (nSPS) is 39.6. The number of carbonyl (C=O) groups excluding carboxylic acids is 12. The van der Waals surface area contributed by atoms with Gasteiger partial charge in [0.15, 0.2) is 42.5 Å². The highest BCUT2D eigenvalue weighted by molar-refractivity contribution is 7.88. The fraction of sp³-hybridized carbons (Fsp3) is 0.856. The van der Waals surface area contributed by atoms with Crippen LogP contribution in [-0.4, -0.2) is 288 Å². The molecule has 7 saturated carbocycles. The molecule has 0 amide bonds. The van der Waals surface area contributed by atoms with Crippen LogP contribution >= 0.6 is 0 Å². The van der Waals surface area contributed by atoms with Crippen molar-refractivity contribution in [3.63, 3.8) is 0 Å². The van der Waals surface area contributed by atoms with Gasteiger partial charge in [-0.3, -0.25) is 73.7 Å². The molecule has 44 nitrogen and oxygen atoms in total. The lowest BCUT2D eigenvalue weighted by atomic mass is 9.75. The van der Waals surface area contributed by atoms with Gasteiger partial charge >= 0.3 is 77.2 Å². The molecule has 0 aromatic heterocycles. The second kappa shape index (κ2) is 40.2. The molecular weight excluding hydrogens is 2030 g/mol. The fourth-order valence-electron chi connectivity index (χ4n) is 22.7. The molecule has 0 aromatic carbocycles. The van der Waals surface area contributed by atoms with Crippen LogP contribution in [0.2, 0.25) is 0 Å². The molecule has 49 heteroatoms. The van der Waals surface area contributed by atoms with E-state index in [1.54, 1.807) is 55.4 Å². The van der Waals surface area contributed by atoms with E-state index in [0.717, 1.165) is 6.42 Å². The third-order valence-corrected chi connectivity index (χ3v) is 43.6. The maximum Gasteiger partial charge on any atom is 0.394 e. The predicted octanol–water partition coefficient (Wildman–Crippen LogP) is 7.00. The molecule has 13 aliphatic heterocycles. The van der Waals surface area contributed by atoms with Gasteiger partial charge in [0.05, 0.1) is 86.6 Å². The number of nitriles is 1. The summed E-state index contributed by atoms with van der Waals surface area (Å²) in [6.45, 7) is 45.2. The molecule has 13 heterocycles. The molecule has 13 saturated heterocycles. The largest absolute Gasteiger partial charge is 0.469 e. The van der Waals surface area contributed by atoms with Crippen molar-refractivity contribution < 1.29 is 192 Å². The average Bonchev–Trinajstić information content (AvgIpc) is 1.52. The summed E-state index contributed by atoms with van der Waals surface area (Å²) in [5.74, 6) is -8.11. The summed E-state index contributed by atoms with van der Waals surface area (Å²) in [5.41, 5.74) is -6.54. The third-order valence-electron chi connectivity index (χ3n) is 34.9. The number of hydrogen-bond donors (Lipinski definition) is 0. The van der Waals surface area contributed by atoms with Crippen molar-refractivity contribution in [1.29, 1.82) is 5.26 Å². The maximum atomic E-state index is 12.4. The van der Waals surface area contributed by atoms with Gasteiger partial charge in [-0.2, -0.15) is 47.4 Å². The number of hydrogen-bond acceptors (Lipinski definition) is 43. The van der Waals surface area contributed by atoms with Crippen LogP contribution in [0.1, 0.15) is 255 Å². The zero-order valence-corrected chi connectivity index (χ0v) is 90.4. The number of nitrogens with zero attached hydrogens (tertiary/aromatic N) is 2. The smallest absolute Gasteiger partial charge is 0.394 e. The Kier molecular flexibility index (Phi) is 31.3. The van der Waals surface area contributed by atoms with Crippen LogP contribution in [0.5, 0.6) is 0 Å². The molecule has 20 fully saturated rings. The Balaban J connectivity index is 0.000000135. The van der Waals surface area contributed by atoms with Crippen LogP contribution < -0.4 is 0 Å². The van der Waals surface area contributed by atoms with Gasteiger partial charge in [-0.25, -0.2) is 16.2 Å². The summed E-state index contributed by atoms with van der Waals surface area (Å²) in [4.78, 5) is 148. The molecule has 0 radical (unpaired) electrons. The monoisotopic (exact) mass is 2160 g/mol. The van der Waals surface area contributed by atoms with Crippen LogP contribution in [0.4, 0.5) is 0 Å². The van der Waals surface area contributed by atoms with Gasteiger partial charge in [0, 0.05) is 42.4 Å². The zero-order valence-electron chi connectivity index (χ0n) is 86.4. The second-order valence-corrected chi connectivity index (χ2v) is 55.1. The predicted molar refractivity (Wildman–Crippen MR) is 498 cm³/mol. The molecule has 7 aliphatic carbocycles. The first kappa shape index (κ1) is 114. The molecule has 35 atom stereocenters. The van der Waals surface area contributed by atoms with Gasteiger partial charge in [0.1, 0.15) is 107 Å². The topological polar surface area (TPSA) is 588 Å². The van der Waals surface area contributed by atoms with E-state index >= 15 is 0 Å². The maximum absolute atomic E-state index is 12.4. The van der Waals surface area contributed by atoms with Crippen molar-refractivity contribution in [2.75, 3.05) is 20.8 Å². The molecule has 0 aromatic rings. The van der Waals surface area contributed by atoms with E-state index in [0.29, 0.717) is 96.3 Å². The van der Waals surface area contributed by atoms with Gasteiger partial charge in [-0.05, 0) is 193 Å². The lowest BCUT2D eigenvalue weighted by molar-refractivity contribution is -0.172. The van der Waals surface area contributed by atoms with Crippen molar-refractivity contribution in [3.8, 4) is 6.07 Å². The third kappa shape index (κ3) is 20.0. The highest BCUT2D eigenvalue weighted by Gasteiger charge is 2.80. The first-order chi connectivity index (χ1) is 67.7. The fourth-order valence-corrected chi connectivity index (χ4v) is 31.7. The Bertz CT molecular complexity index is 5650. The molecule has 146 heavy (non-hydrogen) atoms. The number of esters is 12. The van der Waals surface area contributed by atoms with Crippen molar-refractivity contribution in [1.82, 2.24) is 0 Å². The Morgan fingerprint density at radius 3 is 1.38 bits per heavy atom. The van der Waals surface area contributed by atoms with Crippen molar-refractivity contribution in [2.24, 2.45) is 90.7 Å². The lowest BCUT2D eigenvalue weighted by Gasteiger charge is -2.32. The molecule has 0 spiro atoms. The van der Waals surface area contributed by atoms with Crippen molar-refractivity contribution in [3.05, 3.63) is 11.4 Å². The molecule has 20 aliphatic rings. The summed E-state index contributed by atoms with van der Waals surface area (Å²) < 4.78 is 225. The van der Waals surface area contributed by atoms with E-state index in [2.05, 4.69) is 4.85 Å². The summed E-state index contributed by atoms with van der Waals surface area (Å²) in [5, 5.41) is 5.90. The summed E-state index contributed by atoms with van der Waals surface area (Å²) in [6.07, 6.45) is -2.56. The highest BCUT2D eigenvalue weighted by atomic mass is 32.2. The first-order valence-corrected chi connectivity index (χ1v) is 57.6. The molecule has 20 rings (SSSR count). The average molecular weight is 2160 g/mol. The quantitative estimate of drug-likeness (QED) is 0.0384. The lowest BCUT2D eigenvalue weighted by Crippen LogP contribution is -2.50. The van der Waals surface area contributed by atoms with Gasteiger partial charge in [0.2, 0.25) is 0 Å². The minimum absolute atomic E-state index is 0.0255. The Morgan fingerprint density at radius 1 is 0.390 bits per heavy atom. The van der Waals surface area contributed by atoms with Crippen LogP contribution in [0.15, 0.2) is 0 Å². The Hall–Kier alpha value is -7.95. The Labute approximate surface area is 851 Å². The SMILES string of the molecule is CCC(C)(C)C(=O)OC1C2CC3(C#N)C(=O)OC1C3O2.CCC(C)(C)C(=O)OC1C2CC3C(O2)C1OS3(=O)=O.CCC(C)(C)C(=O)OC1C2CC3C1OS(=O)(=O)C3C2.CCC(C)(C)C(=O)OC1C2CC3C1OS(=O)(=O)C3C2C(=O)OC.CCC(C)(C)C(=O)OC1C2OS(=O)(=O)C3C2OC1C3C(=O)OC.CCC(C)(C)C(=O)OC1CCC2CC1OS2(=O)=O.[C-]#[N+]C12CC3CC1C(OC2=O)C3OC(=O)COC(=O)C(C)(C)CC. The molecular formula is C97H138N2O42S5. The van der Waals surface area contributed by atoms with E-state index in [-0.39, 0.29) is 83.3 Å². The Morgan fingerprint density at radius 2 is 0.842 bits per heavy atom. The molecule has 35 unspecified atom stereocenters. The minimum Gasteiger partial charge on any atom is -0.469 e. The van der Waals surface area contributed by atoms with E-state index in [1.165, 1.54) is 14.2 Å². The van der Waals surface area contributed by atoms with E-state index < -0.39 is 297 Å². The summed E-state index contributed by atoms with van der Waals surface area (Å²) in [6, 6.07) is 2.03. The molecule has 14 bridgehead atoms. The summed E-state index contributed by atoms with van der Waals surface area (Å²) >= 11 is 0. The molecule has 818 valence electrons. The van der Waals surface area contributed by atoms with E-state index in [1.807, 2.05) is 96.1 Å². The van der Waals surface area contributed by atoms with Crippen LogP contribution in [-0.2, 0) is 200 Å².